The van der Waals surface area contributed by atoms with Gasteiger partial charge >= 0.3 is 0 Å². The minimum Gasteiger partial charge on any atom is -0.346 e. The van der Waals surface area contributed by atoms with Gasteiger partial charge in [-0.05, 0) is 47.2 Å². The number of fused-ring (bicyclic) bond motifs is 5. The summed E-state index contributed by atoms with van der Waals surface area (Å²) in [7, 11) is 0. The number of halogens is 1. The first-order chi connectivity index (χ1) is 14.3. The van der Waals surface area contributed by atoms with Gasteiger partial charge in [0.25, 0.3) is 0 Å². The predicted molar refractivity (Wildman–Crippen MR) is 121 cm³/mol. The molecule has 2 heterocycles. The van der Waals surface area contributed by atoms with Gasteiger partial charge < -0.3 is 14.0 Å². The van der Waals surface area contributed by atoms with Crippen molar-refractivity contribution in [1.29, 1.82) is 0 Å². The standard InChI is InChI=1S/C25H18BrNO2/c26-18-8-12-22-21(15-18)24-20-4-2-1-3-16(20)7-11-23(24)27(22)19-9-5-17(6-10-19)25-28-13-14-29-25/h1-12,15,25H,13-14H2. The highest BCUT2D eigenvalue weighted by Gasteiger charge is 2.19. The molecule has 0 unspecified atom stereocenters. The zero-order chi connectivity index (χ0) is 19.4. The summed E-state index contributed by atoms with van der Waals surface area (Å²) in [4.78, 5) is 0. The van der Waals surface area contributed by atoms with E-state index in [0.717, 1.165) is 15.7 Å². The lowest BCUT2D eigenvalue weighted by Crippen LogP contribution is -1.99. The van der Waals surface area contributed by atoms with Crippen molar-refractivity contribution < 1.29 is 9.47 Å². The average molecular weight is 444 g/mol. The molecule has 0 saturated carbocycles. The van der Waals surface area contributed by atoms with Crippen LogP contribution < -0.4 is 0 Å². The van der Waals surface area contributed by atoms with Gasteiger partial charge in [0, 0.05) is 26.5 Å². The molecule has 4 aromatic carbocycles. The van der Waals surface area contributed by atoms with E-state index in [0.29, 0.717) is 13.2 Å². The number of aromatic nitrogens is 1. The minimum absolute atomic E-state index is 0.248. The maximum Gasteiger partial charge on any atom is 0.184 e. The predicted octanol–water partition coefficient (Wildman–Crippen LogP) is 6.74. The van der Waals surface area contributed by atoms with Crippen molar-refractivity contribution in [3.05, 3.63) is 88.9 Å². The van der Waals surface area contributed by atoms with E-state index in [1.807, 2.05) is 0 Å². The van der Waals surface area contributed by atoms with Crippen molar-refractivity contribution in [2.45, 2.75) is 6.29 Å². The topological polar surface area (TPSA) is 23.4 Å². The number of benzene rings is 4. The Labute approximate surface area is 176 Å². The Morgan fingerprint density at radius 2 is 1.52 bits per heavy atom. The van der Waals surface area contributed by atoms with E-state index >= 15 is 0 Å². The van der Waals surface area contributed by atoms with Crippen LogP contribution in [0.4, 0.5) is 0 Å². The molecular weight excluding hydrogens is 426 g/mol. The molecule has 1 saturated heterocycles. The molecule has 5 aromatic rings. The largest absolute Gasteiger partial charge is 0.346 e. The van der Waals surface area contributed by atoms with Crippen LogP contribution in [0.1, 0.15) is 11.9 Å². The molecule has 0 spiro atoms. The van der Waals surface area contributed by atoms with Crippen molar-refractivity contribution in [2.24, 2.45) is 0 Å². The molecule has 0 amide bonds. The number of hydrogen-bond donors (Lipinski definition) is 0. The molecule has 6 rings (SSSR count). The molecule has 0 N–H and O–H groups in total. The third-order valence-corrected chi connectivity index (χ3v) is 6.16. The SMILES string of the molecule is Brc1ccc2c(c1)c1c3ccccc3ccc1n2-c1ccc(C2OCCO2)cc1. The fourth-order valence-corrected chi connectivity index (χ4v) is 4.73. The van der Waals surface area contributed by atoms with Crippen LogP contribution in [0.3, 0.4) is 0 Å². The molecule has 1 fully saturated rings. The van der Waals surface area contributed by atoms with Crippen LogP contribution in [0.5, 0.6) is 0 Å². The Morgan fingerprint density at radius 1 is 0.759 bits per heavy atom. The van der Waals surface area contributed by atoms with E-state index in [1.54, 1.807) is 0 Å². The van der Waals surface area contributed by atoms with Crippen LogP contribution in [0.2, 0.25) is 0 Å². The van der Waals surface area contributed by atoms with Crippen molar-refractivity contribution in [2.75, 3.05) is 13.2 Å². The lowest BCUT2D eigenvalue weighted by Gasteiger charge is -2.12. The molecule has 3 nitrogen and oxygen atoms in total. The van der Waals surface area contributed by atoms with Gasteiger partial charge in [-0.1, -0.05) is 58.4 Å². The summed E-state index contributed by atoms with van der Waals surface area (Å²) in [5.74, 6) is 0. The summed E-state index contributed by atoms with van der Waals surface area (Å²) in [6, 6.07) is 28.0. The van der Waals surface area contributed by atoms with Crippen LogP contribution in [0, 0.1) is 0 Å². The van der Waals surface area contributed by atoms with E-state index in [-0.39, 0.29) is 6.29 Å². The molecule has 1 aliphatic heterocycles. The molecule has 0 aliphatic carbocycles. The first-order valence-electron chi connectivity index (χ1n) is 9.74. The fourth-order valence-electron chi connectivity index (χ4n) is 4.37. The van der Waals surface area contributed by atoms with Gasteiger partial charge in [0.2, 0.25) is 0 Å². The van der Waals surface area contributed by atoms with E-state index in [4.69, 9.17) is 9.47 Å². The van der Waals surface area contributed by atoms with Crippen LogP contribution in [0.15, 0.2) is 83.3 Å². The quantitative estimate of drug-likeness (QED) is 0.301. The lowest BCUT2D eigenvalue weighted by atomic mass is 10.0. The molecule has 0 radical (unpaired) electrons. The van der Waals surface area contributed by atoms with Gasteiger partial charge in [-0.15, -0.1) is 0 Å². The van der Waals surface area contributed by atoms with Gasteiger partial charge in [0.05, 0.1) is 24.2 Å². The first-order valence-corrected chi connectivity index (χ1v) is 10.5. The third-order valence-electron chi connectivity index (χ3n) is 5.66. The summed E-state index contributed by atoms with van der Waals surface area (Å²) in [6.07, 6.45) is -0.248. The lowest BCUT2D eigenvalue weighted by molar-refractivity contribution is -0.0441. The maximum absolute atomic E-state index is 5.64. The molecule has 1 aromatic heterocycles. The molecule has 0 atom stereocenters. The summed E-state index contributed by atoms with van der Waals surface area (Å²) < 4.78 is 14.7. The van der Waals surface area contributed by atoms with E-state index in [1.165, 1.54) is 32.6 Å². The summed E-state index contributed by atoms with van der Waals surface area (Å²) >= 11 is 3.66. The van der Waals surface area contributed by atoms with Gasteiger partial charge in [0.1, 0.15) is 0 Å². The molecule has 1 aliphatic rings. The van der Waals surface area contributed by atoms with Crippen LogP contribution in [0.25, 0.3) is 38.3 Å². The summed E-state index contributed by atoms with van der Waals surface area (Å²) in [5, 5.41) is 5.06. The molecular formula is C25H18BrNO2. The fraction of sp³-hybridized carbons (Fsp3) is 0.120. The normalized spacial score (nSPS) is 15.1. The van der Waals surface area contributed by atoms with Crippen molar-refractivity contribution in [1.82, 2.24) is 4.57 Å². The number of hydrogen-bond acceptors (Lipinski definition) is 2. The zero-order valence-electron chi connectivity index (χ0n) is 15.6. The zero-order valence-corrected chi connectivity index (χ0v) is 17.2. The van der Waals surface area contributed by atoms with Gasteiger partial charge in [-0.3, -0.25) is 0 Å². The van der Waals surface area contributed by atoms with Crippen molar-refractivity contribution in [3.8, 4) is 5.69 Å². The highest BCUT2D eigenvalue weighted by atomic mass is 79.9. The number of rotatable bonds is 2. The Kier molecular flexibility index (Phi) is 3.98. The maximum atomic E-state index is 5.64. The Hall–Kier alpha value is -2.66. The Balaban J connectivity index is 1.64. The van der Waals surface area contributed by atoms with Gasteiger partial charge in [0.15, 0.2) is 6.29 Å². The van der Waals surface area contributed by atoms with Crippen LogP contribution in [-0.4, -0.2) is 17.8 Å². The minimum atomic E-state index is -0.248. The second-order valence-corrected chi connectivity index (χ2v) is 8.26. The van der Waals surface area contributed by atoms with Crippen LogP contribution in [-0.2, 0) is 9.47 Å². The van der Waals surface area contributed by atoms with E-state index in [2.05, 4.69) is 99.4 Å². The van der Waals surface area contributed by atoms with Gasteiger partial charge in [-0.25, -0.2) is 0 Å². The van der Waals surface area contributed by atoms with Crippen molar-refractivity contribution in [3.63, 3.8) is 0 Å². The highest BCUT2D eigenvalue weighted by molar-refractivity contribution is 9.10. The van der Waals surface area contributed by atoms with Gasteiger partial charge in [-0.2, -0.15) is 0 Å². The van der Waals surface area contributed by atoms with E-state index < -0.39 is 0 Å². The van der Waals surface area contributed by atoms with E-state index in [9.17, 15) is 0 Å². The third kappa shape index (κ3) is 2.71. The summed E-state index contributed by atoms with van der Waals surface area (Å²) in [5.41, 5.74) is 4.59. The van der Waals surface area contributed by atoms with Crippen LogP contribution >= 0.6 is 15.9 Å². The molecule has 142 valence electrons. The smallest absolute Gasteiger partial charge is 0.184 e. The highest BCUT2D eigenvalue weighted by Crippen LogP contribution is 2.38. The molecule has 29 heavy (non-hydrogen) atoms. The van der Waals surface area contributed by atoms with Crippen molar-refractivity contribution >= 4 is 48.5 Å². The number of nitrogens with zero attached hydrogens (tertiary/aromatic N) is 1. The number of ether oxygens (including phenoxy) is 2. The average Bonchev–Trinajstić information content (AvgIpc) is 3.40. The first kappa shape index (κ1) is 17.2. The summed E-state index contributed by atoms with van der Waals surface area (Å²) in [6.45, 7) is 1.31. The monoisotopic (exact) mass is 443 g/mol. The second-order valence-electron chi connectivity index (χ2n) is 7.34. The molecule has 0 bridgehead atoms. The molecule has 4 heteroatoms. The second kappa shape index (κ2) is 6.70. The Bertz CT molecular complexity index is 1370. The Morgan fingerprint density at radius 3 is 2.34 bits per heavy atom.